The molecule has 0 atom stereocenters. The van der Waals surface area contributed by atoms with Gasteiger partial charge in [-0.25, -0.2) is 13.2 Å². The number of ether oxygens (including phenoxy) is 1. The smallest absolute Gasteiger partial charge is 0.338 e. The minimum absolute atomic E-state index is 0.00882. The van der Waals surface area contributed by atoms with Crippen molar-refractivity contribution in [3.63, 3.8) is 0 Å². The van der Waals surface area contributed by atoms with Crippen LogP contribution in [-0.4, -0.2) is 26.8 Å². The molecule has 0 saturated carbocycles. The number of sulfonamides is 1. The molecule has 0 amide bonds. The third-order valence-corrected chi connectivity index (χ3v) is 6.06. The zero-order valence-electron chi connectivity index (χ0n) is 17.1. The lowest BCUT2D eigenvalue weighted by Crippen LogP contribution is -2.16. The highest BCUT2D eigenvalue weighted by molar-refractivity contribution is 7.92. The zero-order chi connectivity index (χ0) is 22.7. The Morgan fingerprint density at radius 1 is 0.938 bits per heavy atom. The van der Waals surface area contributed by atoms with Crippen molar-refractivity contribution in [3.05, 3.63) is 95.7 Å². The molecule has 0 aliphatic carbocycles. The number of carbonyl (C=O) groups is 2. The number of para-hydroxylation sites is 1. The SMILES string of the molecule is Cc1cccc(NS(=O)(=O)c2cccc(C(=O)OCC(=O)c3cc4ccccc4o3)c2)c1. The summed E-state index contributed by atoms with van der Waals surface area (Å²) in [6, 6.07) is 21.0. The molecular weight excluding hydrogens is 430 g/mol. The van der Waals surface area contributed by atoms with Crippen LogP contribution in [0, 0.1) is 6.92 Å². The second-order valence-electron chi connectivity index (χ2n) is 7.15. The second-order valence-corrected chi connectivity index (χ2v) is 8.83. The standard InChI is InChI=1S/C24H19NO6S/c1-16-6-4-9-19(12-16)25-32(28,29)20-10-5-8-18(13-20)24(27)30-15-21(26)23-14-17-7-2-3-11-22(17)31-23/h2-14,25H,15H2,1H3. The molecule has 0 unspecified atom stereocenters. The number of hydrogen-bond donors (Lipinski definition) is 1. The molecule has 32 heavy (non-hydrogen) atoms. The number of aryl methyl sites for hydroxylation is 1. The number of hydrogen-bond acceptors (Lipinski definition) is 6. The van der Waals surface area contributed by atoms with Crippen molar-refractivity contribution in [1.82, 2.24) is 0 Å². The lowest BCUT2D eigenvalue weighted by molar-refractivity contribution is 0.0468. The molecule has 4 rings (SSSR count). The van der Waals surface area contributed by atoms with Gasteiger partial charge in [0.25, 0.3) is 10.0 Å². The summed E-state index contributed by atoms with van der Waals surface area (Å²) in [6.45, 7) is 1.32. The molecule has 0 fully saturated rings. The highest BCUT2D eigenvalue weighted by atomic mass is 32.2. The van der Waals surface area contributed by atoms with E-state index in [1.54, 1.807) is 42.5 Å². The molecule has 4 aromatic rings. The van der Waals surface area contributed by atoms with E-state index in [1.165, 1.54) is 24.3 Å². The topological polar surface area (TPSA) is 103 Å². The van der Waals surface area contributed by atoms with Gasteiger partial charge in [0.1, 0.15) is 5.58 Å². The summed E-state index contributed by atoms with van der Waals surface area (Å²) >= 11 is 0. The van der Waals surface area contributed by atoms with Gasteiger partial charge in [-0.05, 0) is 55.0 Å². The van der Waals surface area contributed by atoms with E-state index < -0.39 is 28.4 Å². The number of benzene rings is 3. The normalized spacial score (nSPS) is 11.3. The zero-order valence-corrected chi connectivity index (χ0v) is 17.9. The first kappa shape index (κ1) is 21.3. The third-order valence-electron chi connectivity index (χ3n) is 4.69. The highest BCUT2D eigenvalue weighted by Gasteiger charge is 2.19. The Hall–Kier alpha value is -3.91. The summed E-state index contributed by atoms with van der Waals surface area (Å²) in [5, 5.41) is 0.765. The van der Waals surface area contributed by atoms with Crippen molar-refractivity contribution < 1.29 is 27.2 Å². The minimum atomic E-state index is -3.91. The van der Waals surface area contributed by atoms with Gasteiger partial charge in [0, 0.05) is 11.1 Å². The number of nitrogens with one attached hydrogen (secondary N) is 1. The van der Waals surface area contributed by atoms with Crippen molar-refractivity contribution in [2.75, 3.05) is 11.3 Å². The summed E-state index contributed by atoms with van der Waals surface area (Å²) in [6.07, 6.45) is 0. The van der Waals surface area contributed by atoms with Gasteiger partial charge < -0.3 is 9.15 Å². The fourth-order valence-electron chi connectivity index (χ4n) is 3.12. The fraction of sp³-hybridized carbons (Fsp3) is 0.0833. The summed E-state index contributed by atoms with van der Waals surface area (Å²) in [5.74, 6) is -1.24. The van der Waals surface area contributed by atoms with Crippen LogP contribution in [-0.2, 0) is 14.8 Å². The molecule has 7 nitrogen and oxygen atoms in total. The number of rotatable bonds is 7. The number of ketones is 1. The minimum Gasteiger partial charge on any atom is -0.454 e. The van der Waals surface area contributed by atoms with Gasteiger partial charge in [0.2, 0.25) is 5.78 Å². The van der Waals surface area contributed by atoms with Crippen LogP contribution < -0.4 is 4.72 Å². The number of carbonyl (C=O) groups excluding carboxylic acids is 2. The van der Waals surface area contributed by atoms with E-state index in [-0.39, 0.29) is 16.2 Å². The number of anilines is 1. The molecule has 0 bridgehead atoms. The Labute approximate surface area is 184 Å². The first-order valence-electron chi connectivity index (χ1n) is 9.70. The van der Waals surface area contributed by atoms with Gasteiger partial charge in [0.05, 0.1) is 10.5 Å². The van der Waals surface area contributed by atoms with Crippen LogP contribution in [0.3, 0.4) is 0 Å². The van der Waals surface area contributed by atoms with Crippen LogP contribution >= 0.6 is 0 Å². The summed E-state index contributed by atoms with van der Waals surface area (Å²) in [5.41, 5.74) is 1.88. The van der Waals surface area contributed by atoms with Crippen molar-refractivity contribution in [1.29, 1.82) is 0 Å². The average Bonchev–Trinajstić information content (AvgIpc) is 3.21. The Balaban J connectivity index is 1.45. The monoisotopic (exact) mass is 449 g/mol. The molecular formula is C24H19NO6S. The molecule has 8 heteroatoms. The van der Waals surface area contributed by atoms with Crippen LogP contribution in [0.25, 0.3) is 11.0 Å². The maximum Gasteiger partial charge on any atom is 0.338 e. The van der Waals surface area contributed by atoms with E-state index in [9.17, 15) is 18.0 Å². The van der Waals surface area contributed by atoms with E-state index in [2.05, 4.69) is 4.72 Å². The molecule has 3 aromatic carbocycles. The fourth-order valence-corrected chi connectivity index (χ4v) is 4.21. The molecule has 0 aliphatic heterocycles. The molecule has 1 heterocycles. The lowest BCUT2D eigenvalue weighted by Gasteiger charge is -2.10. The van der Waals surface area contributed by atoms with Gasteiger partial charge >= 0.3 is 5.97 Å². The highest BCUT2D eigenvalue weighted by Crippen LogP contribution is 2.20. The van der Waals surface area contributed by atoms with Crippen molar-refractivity contribution in [2.24, 2.45) is 0 Å². The lowest BCUT2D eigenvalue weighted by atomic mass is 10.2. The van der Waals surface area contributed by atoms with Crippen LogP contribution in [0.15, 0.2) is 88.2 Å². The molecule has 1 aromatic heterocycles. The van der Waals surface area contributed by atoms with E-state index >= 15 is 0 Å². The summed E-state index contributed by atoms with van der Waals surface area (Å²) in [7, 11) is -3.91. The maximum atomic E-state index is 12.7. The van der Waals surface area contributed by atoms with E-state index in [4.69, 9.17) is 9.15 Å². The largest absolute Gasteiger partial charge is 0.454 e. The first-order valence-corrected chi connectivity index (χ1v) is 11.2. The van der Waals surface area contributed by atoms with Gasteiger partial charge in [0.15, 0.2) is 12.4 Å². The van der Waals surface area contributed by atoms with Crippen LogP contribution in [0.5, 0.6) is 0 Å². The molecule has 0 spiro atoms. The molecule has 1 N–H and O–H groups in total. The van der Waals surface area contributed by atoms with E-state index in [1.807, 2.05) is 19.1 Å². The van der Waals surface area contributed by atoms with Crippen LogP contribution in [0.1, 0.15) is 26.5 Å². The van der Waals surface area contributed by atoms with Gasteiger partial charge in [-0.2, -0.15) is 0 Å². The van der Waals surface area contributed by atoms with Crippen molar-refractivity contribution in [3.8, 4) is 0 Å². The Bertz CT molecular complexity index is 1390. The number of furan rings is 1. The Morgan fingerprint density at radius 3 is 2.50 bits per heavy atom. The van der Waals surface area contributed by atoms with Crippen molar-refractivity contribution >= 4 is 38.4 Å². The summed E-state index contributed by atoms with van der Waals surface area (Å²) < 4.78 is 38.4. The van der Waals surface area contributed by atoms with Crippen LogP contribution in [0.2, 0.25) is 0 Å². The number of Topliss-reactive ketones (excluding diaryl/α,β-unsaturated/α-hetero) is 1. The van der Waals surface area contributed by atoms with E-state index in [0.717, 1.165) is 10.9 Å². The second kappa shape index (κ2) is 8.68. The van der Waals surface area contributed by atoms with Crippen LogP contribution in [0.4, 0.5) is 5.69 Å². The predicted octanol–water partition coefficient (Wildman–Crippen LogP) is 4.58. The van der Waals surface area contributed by atoms with Gasteiger partial charge in [-0.1, -0.05) is 36.4 Å². The molecule has 0 saturated heterocycles. The van der Waals surface area contributed by atoms with Gasteiger partial charge in [-0.3, -0.25) is 9.52 Å². The first-order chi connectivity index (χ1) is 15.3. The predicted molar refractivity (Wildman–Crippen MR) is 119 cm³/mol. The molecule has 162 valence electrons. The quantitative estimate of drug-likeness (QED) is 0.327. The Morgan fingerprint density at radius 2 is 1.72 bits per heavy atom. The maximum absolute atomic E-state index is 12.7. The summed E-state index contributed by atoms with van der Waals surface area (Å²) in [4.78, 5) is 24.6. The number of fused-ring (bicyclic) bond motifs is 1. The molecule has 0 radical (unpaired) electrons. The average molecular weight is 449 g/mol. The number of esters is 1. The Kier molecular flexibility index (Phi) is 5.79. The van der Waals surface area contributed by atoms with Crippen molar-refractivity contribution in [2.45, 2.75) is 11.8 Å². The van der Waals surface area contributed by atoms with Gasteiger partial charge in [-0.15, -0.1) is 0 Å². The molecule has 0 aliphatic rings. The third kappa shape index (κ3) is 4.70. The van der Waals surface area contributed by atoms with E-state index in [0.29, 0.717) is 11.3 Å².